The second-order valence-corrected chi connectivity index (χ2v) is 8.89. The second kappa shape index (κ2) is 9.86. The van der Waals surface area contributed by atoms with Gasteiger partial charge < -0.3 is 5.32 Å². The Bertz CT molecular complexity index is 744. The summed E-state index contributed by atoms with van der Waals surface area (Å²) in [6.45, 7) is 14.7. The van der Waals surface area contributed by atoms with Crippen LogP contribution in [0.4, 0.5) is 0 Å². The predicted molar refractivity (Wildman–Crippen MR) is 121 cm³/mol. The first-order chi connectivity index (χ1) is 14.2. The molecule has 2 aliphatic heterocycles. The SMILES string of the molecule is C[C@@H]1CNC[C@H](C)N1Cc1cccc(CN2CCN(Cc3ccccc3)CC2)c1. The summed E-state index contributed by atoms with van der Waals surface area (Å²) in [4.78, 5) is 7.82. The van der Waals surface area contributed by atoms with E-state index in [2.05, 4.69) is 88.5 Å². The van der Waals surface area contributed by atoms with Crippen molar-refractivity contribution < 1.29 is 0 Å². The molecule has 4 rings (SSSR count). The fraction of sp³-hybridized carbons (Fsp3) is 0.520. The van der Waals surface area contributed by atoms with Crippen LogP contribution in [0.25, 0.3) is 0 Å². The zero-order chi connectivity index (χ0) is 20.1. The quantitative estimate of drug-likeness (QED) is 0.815. The number of nitrogens with zero attached hydrogens (tertiary/aromatic N) is 3. The van der Waals surface area contributed by atoms with Gasteiger partial charge in [-0.1, -0.05) is 54.6 Å². The monoisotopic (exact) mass is 392 g/mol. The summed E-state index contributed by atoms with van der Waals surface area (Å²) in [6, 6.07) is 21.3. The first kappa shape index (κ1) is 20.5. The highest BCUT2D eigenvalue weighted by atomic mass is 15.3. The summed E-state index contributed by atoms with van der Waals surface area (Å²) in [5, 5.41) is 3.53. The molecule has 2 aromatic carbocycles. The molecule has 0 amide bonds. The molecular formula is C25H36N4. The summed E-state index contributed by atoms with van der Waals surface area (Å²) in [6.07, 6.45) is 0. The van der Waals surface area contributed by atoms with Gasteiger partial charge in [0.25, 0.3) is 0 Å². The molecule has 0 bridgehead atoms. The summed E-state index contributed by atoms with van der Waals surface area (Å²) >= 11 is 0. The molecule has 0 saturated carbocycles. The van der Waals surface area contributed by atoms with Crippen LogP contribution < -0.4 is 5.32 Å². The number of nitrogens with one attached hydrogen (secondary N) is 1. The molecule has 2 atom stereocenters. The highest BCUT2D eigenvalue weighted by Crippen LogP contribution is 2.17. The highest BCUT2D eigenvalue weighted by molar-refractivity contribution is 5.24. The average Bonchev–Trinajstić information content (AvgIpc) is 2.73. The van der Waals surface area contributed by atoms with Gasteiger partial charge in [0.1, 0.15) is 0 Å². The van der Waals surface area contributed by atoms with E-state index in [0.29, 0.717) is 12.1 Å². The average molecular weight is 393 g/mol. The van der Waals surface area contributed by atoms with Crippen LogP contribution in [-0.4, -0.2) is 66.1 Å². The van der Waals surface area contributed by atoms with Gasteiger partial charge in [-0.15, -0.1) is 0 Å². The largest absolute Gasteiger partial charge is 0.314 e. The van der Waals surface area contributed by atoms with Gasteiger partial charge in [-0.05, 0) is 30.5 Å². The minimum absolute atomic E-state index is 0.597. The molecule has 0 unspecified atom stereocenters. The summed E-state index contributed by atoms with van der Waals surface area (Å²) < 4.78 is 0. The summed E-state index contributed by atoms with van der Waals surface area (Å²) in [7, 11) is 0. The maximum atomic E-state index is 3.53. The lowest BCUT2D eigenvalue weighted by molar-refractivity contribution is 0.108. The fourth-order valence-electron chi connectivity index (χ4n) is 4.72. The lowest BCUT2D eigenvalue weighted by Gasteiger charge is -2.39. The van der Waals surface area contributed by atoms with Crippen molar-refractivity contribution in [2.75, 3.05) is 39.3 Å². The zero-order valence-electron chi connectivity index (χ0n) is 18.1. The van der Waals surface area contributed by atoms with E-state index in [4.69, 9.17) is 0 Å². The highest BCUT2D eigenvalue weighted by Gasteiger charge is 2.24. The van der Waals surface area contributed by atoms with Crippen molar-refractivity contribution in [2.45, 2.75) is 45.6 Å². The van der Waals surface area contributed by atoms with Gasteiger partial charge in [0, 0.05) is 71.0 Å². The van der Waals surface area contributed by atoms with Gasteiger partial charge >= 0.3 is 0 Å². The Morgan fingerprint density at radius 2 is 1.21 bits per heavy atom. The van der Waals surface area contributed by atoms with E-state index in [-0.39, 0.29) is 0 Å². The molecule has 1 N–H and O–H groups in total. The summed E-state index contributed by atoms with van der Waals surface area (Å²) in [5.41, 5.74) is 4.32. The van der Waals surface area contributed by atoms with Gasteiger partial charge in [-0.3, -0.25) is 14.7 Å². The third-order valence-corrected chi connectivity index (χ3v) is 6.49. The molecule has 0 spiro atoms. The van der Waals surface area contributed by atoms with Gasteiger partial charge in [-0.25, -0.2) is 0 Å². The second-order valence-electron chi connectivity index (χ2n) is 8.89. The van der Waals surface area contributed by atoms with E-state index in [9.17, 15) is 0 Å². The minimum Gasteiger partial charge on any atom is -0.314 e. The number of hydrogen-bond donors (Lipinski definition) is 1. The van der Waals surface area contributed by atoms with Gasteiger partial charge in [0.2, 0.25) is 0 Å². The number of hydrogen-bond acceptors (Lipinski definition) is 4. The maximum absolute atomic E-state index is 3.53. The lowest BCUT2D eigenvalue weighted by atomic mass is 10.1. The molecule has 2 fully saturated rings. The Balaban J connectivity index is 1.28. The lowest BCUT2D eigenvalue weighted by Crippen LogP contribution is -2.54. The van der Waals surface area contributed by atoms with E-state index < -0.39 is 0 Å². The van der Waals surface area contributed by atoms with Crippen molar-refractivity contribution in [3.8, 4) is 0 Å². The zero-order valence-corrected chi connectivity index (χ0v) is 18.1. The van der Waals surface area contributed by atoms with Gasteiger partial charge in [0.15, 0.2) is 0 Å². The molecule has 0 radical (unpaired) electrons. The van der Waals surface area contributed by atoms with Crippen LogP contribution in [0.1, 0.15) is 30.5 Å². The normalized spacial score (nSPS) is 24.6. The first-order valence-corrected chi connectivity index (χ1v) is 11.2. The molecule has 2 saturated heterocycles. The van der Waals surface area contributed by atoms with E-state index in [1.807, 2.05) is 0 Å². The Labute approximate surface area is 176 Å². The van der Waals surface area contributed by atoms with E-state index in [0.717, 1.165) is 58.9 Å². The van der Waals surface area contributed by atoms with E-state index >= 15 is 0 Å². The van der Waals surface area contributed by atoms with E-state index in [1.165, 1.54) is 16.7 Å². The predicted octanol–water partition coefficient (Wildman–Crippen LogP) is 3.19. The van der Waals surface area contributed by atoms with Gasteiger partial charge in [-0.2, -0.15) is 0 Å². The molecule has 0 aromatic heterocycles. The molecular weight excluding hydrogens is 356 g/mol. The molecule has 2 aromatic rings. The molecule has 29 heavy (non-hydrogen) atoms. The van der Waals surface area contributed by atoms with Crippen LogP contribution in [0.2, 0.25) is 0 Å². The van der Waals surface area contributed by atoms with Crippen LogP contribution in [-0.2, 0) is 19.6 Å². The Kier molecular flexibility index (Phi) is 6.98. The fourth-order valence-corrected chi connectivity index (χ4v) is 4.72. The Morgan fingerprint density at radius 3 is 1.83 bits per heavy atom. The number of benzene rings is 2. The van der Waals surface area contributed by atoms with Crippen molar-refractivity contribution in [3.05, 3.63) is 71.3 Å². The van der Waals surface area contributed by atoms with Crippen molar-refractivity contribution in [3.63, 3.8) is 0 Å². The van der Waals surface area contributed by atoms with Crippen LogP contribution in [0.5, 0.6) is 0 Å². The molecule has 2 aliphatic rings. The third-order valence-electron chi connectivity index (χ3n) is 6.49. The van der Waals surface area contributed by atoms with Crippen LogP contribution in [0.3, 0.4) is 0 Å². The molecule has 4 nitrogen and oxygen atoms in total. The molecule has 2 heterocycles. The molecule has 4 heteroatoms. The number of piperazine rings is 2. The first-order valence-electron chi connectivity index (χ1n) is 11.2. The summed E-state index contributed by atoms with van der Waals surface area (Å²) in [5.74, 6) is 0. The van der Waals surface area contributed by atoms with Crippen LogP contribution >= 0.6 is 0 Å². The standard InChI is InChI=1S/C25H36N4/c1-21-16-26-17-22(2)29(21)20-25-10-6-9-24(15-25)19-28-13-11-27(12-14-28)18-23-7-4-3-5-8-23/h3-10,15,21-22,26H,11-14,16-20H2,1-2H3/t21-,22+. The smallest absolute Gasteiger partial charge is 0.0240 e. The Morgan fingerprint density at radius 1 is 0.690 bits per heavy atom. The van der Waals surface area contributed by atoms with Crippen molar-refractivity contribution in [1.29, 1.82) is 0 Å². The minimum atomic E-state index is 0.597. The Hall–Kier alpha value is -1.72. The van der Waals surface area contributed by atoms with Gasteiger partial charge in [0.05, 0.1) is 0 Å². The van der Waals surface area contributed by atoms with Crippen LogP contribution in [0.15, 0.2) is 54.6 Å². The molecule has 156 valence electrons. The van der Waals surface area contributed by atoms with Crippen molar-refractivity contribution in [1.82, 2.24) is 20.0 Å². The van der Waals surface area contributed by atoms with Crippen molar-refractivity contribution >= 4 is 0 Å². The number of rotatable bonds is 6. The maximum Gasteiger partial charge on any atom is 0.0240 e. The van der Waals surface area contributed by atoms with Crippen LogP contribution in [0, 0.1) is 0 Å². The third kappa shape index (κ3) is 5.67. The van der Waals surface area contributed by atoms with E-state index in [1.54, 1.807) is 0 Å². The van der Waals surface area contributed by atoms with Crippen molar-refractivity contribution in [2.24, 2.45) is 0 Å². The molecule has 0 aliphatic carbocycles. The topological polar surface area (TPSA) is 21.8 Å².